The van der Waals surface area contributed by atoms with Gasteiger partial charge < -0.3 is 5.11 Å². The Morgan fingerprint density at radius 2 is 2.17 bits per heavy atom. The van der Waals surface area contributed by atoms with Gasteiger partial charge in [0.25, 0.3) is 0 Å². The van der Waals surface area contributed by atoms with Crippen LogP contribution in [0, 0.1) is 18.3 Å². The summed E-state index contributed by atoms with van der Waals surface area (Å²) in [5.74, 6) is 0.188. The van der Waals surface area contributed by atoms with Crippen LogP contribution < -0.4 is 0 Å². The van der Waals surface area contributed by atoms with Crippen LogP contribution in [0.3, 0.4) is 0 Å². The number of aliphatic hydroxyl groups is 1. The third-order valence-electron chi connectivity index (χ3n) is 5.48. The number of aromatic nitrogens is 2. The van der Waals surface area contributed by atoms with E-state index in [2.05, 4.69) is 10.00 Å². The molecule has 0 saturated carbocycles. The Bertz CT molecular complexity index is 687. The molecule has 2 aliphatic rings. The zero-order chi connectivity index (χ0) is 16.8. The quantitative estimate of drug-likeness (QED) is 0.820. The van der Waals surface area contributed by atoms with E-state index in [9.17, 15) is 13.5 Å². The van der Waals surface area contributed by atoms with Gasteiger partial charge in [-0.1, -0.05) is 0 Å². The van der Waals surface area contributed by atoms with Crippen LogP contribution in [0.2, 0.25) is 0 Å². The van der Waals surface area contributed by atoms with E-state index >= 15 is 0 Å². The number of fused-ring (bicyclic) bond motifs is 1. The summed E-state index contributed by atoms with van der Waals surface area (Å²) in [6.45, 7) is 5.57. The largest absolute Gasteiger partial charge is 0.396 e. The Labute approximate surface area is 137 Å². The van der Waals surface area contributed by atoms with Crippen LogP contribution >= 0.6 is 0 Å². The normalized spacial score (nSPS) is 29.8. The molecule has 1 N–H and O–H groups in total. The van der Waals surface area contributed by atoms with Crippen molar-refractivity contribution in [2.45, 2.75) is 19.9 Å². The average Bonchev–Trinajstić information content (AvgIpc) is 2.99. The van der Waals surface area contributed by atoms with Crippen LogP contribution in [-0.4, -0.2) is 71.6 Å². The van der Waals surface area contributed by atoms with Crippen LogP contribution in [0.15, 0.2) is 6.20 Å². The minimum Gasteiger partial charge on any atom is -0.396 e. The molecule has 0 aliphatic carbocycles. The molecule has 2 aliphatic heterocycles. The summed E-state index contributed by atoms with van der Waals surface area (Å²) in [6, 6.07) is 0. The third kappa shape index (κ3) is 3.17. The molecular weight excluding hydrogens is 316 g/mol. The number of piperidine rings is 1. The van der Waals surface area contributed by atoms with E-state index < -0.39 is 10.0 Å². The van der Waals surface area contributed by atoms with Gasteiger partial charge in [-0.05, 0) is 25.8 Å². The number of aliphatic hydroxyl groups excluding tert-OH is 1. The summed E-state index contributed by atoms with van der Waals surface area (Å²) >= 11 is 0. The fraction of sp³-hybridized carbons (Fsp3) is 0.800. The summed E-state index contributed by atoms with van der Waals surface area (Å²) in [7, 11) is -1.28. The van der Waals surface area contributed by atoms with Gasteiger partial charge in [0.2, 0.25) is 10.0 Å². The predicted molar refractivity (Wildman–Crippen MR) is 87.3 cm³/mol. The lowest BCUT2D eigenvalue weighted by Gasteiger charge is -2.42. The fourth-order valence-corrected chi connectivity index (χ4v) is 4.94. The smallest absolute Gasteiger partial charge is 0.211 e. The minimum atomic E-state index is -3.20. The van der Waals surface area contributed by atoms with Crippen molar-refractivity contribution >= 4 is 10.0 Å². The summed E-state index contributed by atoms with van der Waals surface area (Å²) in [5, 5.41) is 14.3. The number of likely N-dealkylation sites (tertiary alicyclic amines) is 1. The van der Waals surface area contributed by atoms with Gasteiger partial charge >= 0.3 is 0 Å². The van der Waals surface area contributed by atoms with E-state index in [1.807, 2.05) is 24.9 Å². The van der Waals surface area contributed by atoms with Crippen molar-refractivity contribution in [2.75, 3.05) is 39.0 Å². The molecule has 1 aromatic heterocycles. The number of sulfonamides is 1. The molecule has 0 spiro atoms. The molecule has 0 radical (unpaired) electrons. The Hall–Kier alpha value is -0.960. The molecular formula is C15H26N4O3S. The van der Waals surface area contributed by atoms with Crippen LogP contribution in [-0.2, 0) is 23.6 Å². The summed E-state index contributed by atoms with van der Waals surface area (Å²) in [4.78, 5) is 2.36. The number of hydrogen-bond donors (Lipinski definition) is 1. The maximum absolute atomic E-state index is 11.9. The molecule has 3 heterocycles. The summed E-state index contributed by atoms with van der Waals surface area (Å²) < 4.78 is 27.1. The van der Waals surface area contributed by atoms with Crippen molar-refractivity contribution in [3.63, 3.8) is 0 Å². The van der Waals surface area contributed by atoms with Gasteiger partial charge in [-0.15, -0.1) is 0 Å². The third-order valence-corrected chi connectivity index (χ3v) is 6.69. The highest BCUT2D eigenvalue weighted by atomic mass is 32.2. The van der Waals surface area contributed by atoms with Gasteiger partial charge in [0.1, 0.15) is 0 Å². The van der Waals surface area contributed by atoms with E-state index in [0.717, 1.165) is 31.7 Å². The molecule has 7 nitrogen and oxygen atoms in total. The zero-order valence-electron chi connectivity index (χ0n) is 14.1. The van der Waals surface area contributed by atoms with Crippen LogP contribution in [0.5, 0.6) is 0 Å². The number of rotatable bonds is 4. The van der Waals surface area contributed by atoms with Gasteiger partial charge in [0.05, 0.1) is 18.6 Å². The first kappa shape index (κ1) is 16.9. The second-order valence-corrected chi connectivity index (χ2v) is 9.15. The second kappa shape index (κ2) is 5.84. The molecule has 130 valence electrons. The molecule has 3 rings (SSSR count). The first-order valence-corrected chi connectivity index (χ1v) is 9.86. The monoisotopic (exact) mass is 342 g/mol. The fourth-order valence-electron chi connectivity index (χ4n) is 4.00. The lowest BCUT2D eigenvalue weighted by Crippen LogP contribution is -2.48. The van der Waals surface area contributed by atoms with Crippen molar-refractivity contribution in [1.29, 1.82) is 0 Å². The SMILES string of the molecule is Cc1nn(C)cc1CN1CC[C@@]2(CO)CN(S(C)(=O)=O)C[C@H]2C1. The Morgan fingerprint density at radius 1 is 1.43 bits per heavy atom. The van der Waals surface area contributed by atoms with E-state index in [4.69, 9.17) is 0 Å². The van der Waals surface area contributed by atoms with Gasteiger partial charge in [0.15, 0.2) is 0 Å². The van der Waals surface area contributed by atoms with E-state index in [1.165, 1.54) is 16.1 Å². The maximum atomic E-state index is 11.9. The van der Waals surface area contributed by atoms with Crippen molar-refractivity contribution in [3.8, 4) is 0 Å². The number of hydrogen-bond acceptors (Lipinski definition) is 5. The van der Waals surface area contributed by atoms with Gasteiger partial charge in [0, 0.05) is 50.4 Å². The first-order chi connectivity index (χ1) is 10.7. The standard InChI is InChI=1S/C15H26N4O3S/c1-12-13(6-17(2)16-12)7-18-5-4-15(11-20)10-19(23(3,21)22)9-14(15)8-18/h6,14,20H,4-5,7-11H2,1-3H3/t14-,15+/m1/s1. The van der Waals surface area contributed by atoms with Crippen molar-refractivity contribution in [1.82, 2.24) is 19.0 Å². The number of nitrogens with zero attached hydrogens (tertiary/aromatic N) is 4. The molecule has 0 amide bonds. The highest BCUT2D eigenvalue weighted by Gasteiger charge is 2.51. The Kier molecular flexibility index (Phi) is 4.29. The molecule has 2 fully saturated rings. The lowest BCUT2D eigenvalue weighted by atomic mass is 9.73. The first-order valence-electron chi connectivity index (χ1n) is 8.01. The average molecular weight is 342 g/mol. The van der Waals surface area contributed by atoms with Crippen molar-refractivity contribution in [3.05, 3.63) is 17.5 Å². The molecule has 1 aromatic rings. The van der Waals surface area contributed by atoms with Crippen LogP contribution in [0.4, 0.5) is 0 Å². The molecule has 23 heavy (non-hydrogen) atoms. The van der Waals surface area contributed by atoms with Gasteiger partial charge in [-0.25, -0.2) is 12.7 Å². The topological polar surface area (TPSA) is 78.7 Å². The van der Waals surface area contributed by atoms with Gasteiger partial charge in [-0.3, -0.25) is 9.58 Å². The minimum absolute atomic E-state index is 0.0590. The van der Waals surface area contributed by atoms with Crippen molar-refractivity contribution in [2.24, 2.45) is 18.4 Å². The van der Waals surface area contributed by atoms with E-state index in [-0.39, 0.29) is 17.9 Å². The highest BCUT2D eigenvalue weighted by Crippen LogP contribution is 2.43. The highest BCUT2D eigenvalue weighted by molar-refractivity contribution is 7.88. The Balaban J connectivity index is 1.73. The molecule has 0 aromatic carbocycles. The van der Waals surface area contributed by atoms with Gasteiger partial charge in [-0.2, -0.15) is 5.10 Å². The van der Waals surface area contributed by atoms with E-state index in [0.29, 0.717) is 13.1 Å². The summed E-state index contributed by atoms with van der Waals surface area (Å²) in [6.07, 6.45) is 4.13. The maximum Gasteiger partial charge on any atom is 0.211 e. The Morgan fingerprint density at radius 3 is 2.74 bits per heavy atom. The van der Waals surface area contributed by atoms with E-state index in [1.54, 1.807) is 0 Å². The molecule has 0 bridgehead atoms. The molecule has 8 heteroatoms. The van der Waals surface area contributed by atoms with Crippen LogP contribution in [0.1, 0.15) is 17.7 Å². The number of aryl methyl sites for hydroxylation is 2. The molecule has 2 atom stereocenters. The molecule has 2 saturated heterocycles. The second-order valence-electron chi connectivity index (χ2n) is 7.17. The molecule has 0 unspecified atom stereocenters. The summed E-state index contributed by atoms with van der Waals surface area (Å²) in [5.41, 5.74) is 1.97. The van der Waals surface area contributed by atoms with Crippen molar-refractivity contribution < 1.29 is 13.5 Å². The predicted octanol–water partition coefficient (Wildman–Crippen LogP) is -0.196. The zero-order valence-corrected chi connectivity index (χ0v) is 14.9. The lowest BCUT2D eigenvalue weighted by molar-refractivity contribution is 0.0169. The van der Waals surface area contributed by atoms with Crippen LogP contribution in [0.25, 0.3) is 0 Å².